The van der Waals surface area contributed by atoms with E-state index in [4.69, 9.17) is 0 Å². The highest BCUT2D eigenvalue weighted by molar-refractivity contribution is 6.25. The Hall–Kier alpha value is -5.14. The average Bonchev–Trinajstić information content (AvgIpc) is 3.46. The molecule has 0 saturated carbocycles. The monoisotopic (exact) mass is 647 g/mol. The van der Waals surface area contributed by atoms with E-state index in [1.54, 1.807) is 54.9 Å². The van der Waals surface area contributed by atoms with E-state index in [1.165, 1.54) is 6.07 Å². The second-order valence-corrected chi connectivity index (χ2v) is 11.7. The van der Waals surface area contributed by atoms with Crippen molar-refractivity contribution in [1.82, 2.24) is 30.0 Å². The zero-order chi connectivity index (χ0) is 33.5. The van der Waals surface area contributed by atoms with Crippen LogP contribution in [0.15, 0.2) is 42.5 Å². The van der Waals surface area contributed by atoms with Crippen LogP contribution in [0.4, 0.5) is 18.9 Å². The normalized spacial score (nSPS) is 16.6. The first-order valence-corrected chi connectivity index (χ1v) is 15.4. The lowest BCUT2D eigenvalue weighted by Gasteiger charge is -2.27. The van der Waals surface area contributed by atoms with Crippen molar-refractivity contribution in [2.24, 2.45) is 0 Å². The molecule has 4 heterocycles. The van der Waals surface area contributed by atoms with Crippen LogP contribution in [0.1, 0.15) is 76.3 Å². The number of imide groups is 2. The van der Waals surface area contributed by atoms with Crippen molar-refractivity contribution in [2.45, 2.75) is 71.1 Å². The number of benzene rings is 2. The fourth-order valence-electron chi connectivity index (χ4n) is 6.25. The second kappa shape index (κ2) is 12.6. The van der Waals surface area contributed by atoms with Crippen LogP contribution in [0.25, 0.3) is 22.3 Å². The molecule has 0 spiro atoms. The summed E-state index contributed by atoms with van der Waals surface area (Å²) in [7, 11) is 0. The molecule has 0 radical (unpaired) electrons. The van der Waals surface area contributed by atoms with Gasteiger partial charge in [0.2, 0.25) is 11.8 Å². The predicted molar refractivity (Wildman–Crippen MR) is 165 cm³/mol. The Morgan fingerprint density at radius 3 is 2.34 bits per heavy atom. The Bertz CT molecular complexity index is 1920. The number of anilines is 1. The molecule has 0 bridgehead atoms. The maximum atomic E-state index is 14.0. The quantitative estimate of drug-likeness (QED) is 0.177. The van der Waals surface area contributed by atoms with E-state index in [2.05, 4.69) is 25.7 Å². The van der Waals surface area contributed by atoms with Crippen LogP contribution in [0.3, 0.4) is 0 Å². The highest BCUT2D eigenvalue weighted by Crippen LogP contribution is 2.38. The van der Waals surface area contributed by atoms with E-state index in [-0.39, 0.29) is 35.2 Å². The molecular formula is C33H32F3N7O4. The number of hydrogen-bond acceptors (Lipinski definition) is 8. The number of alkyl halides is 3. The van der Waals surface area contributed by atoms with Crippen LogP contribution < -0.4 is 10.6 Å². The van der Waals surface area contributed by atoms with Crippen molar-refractivity contribution >= 4 is 40.3 Å². The maximum Gasteiger partial charge on any atom is 0.435 e. The number of unbranched alkanes of at least 4 members (excludes halogenated alkanes) is 3. The number of hydrogen-bond donors (Lipinski definition) is 2. The summed E-state index contributed by atoms with van der Waals surface area (Å²) >= 11 is 0. The van der Waals surface area contributed by atoms with Gasteiger partial charge in [-0.15, -0.1) is 0 Å². The van der Waals surface area contributed by atoms with Crippen molar-refractivity contribution in [3.05, 3.63) is 70.7 Å². The number of amides is 4. The van der Waals surface area contributed by atoms with Gasteiger partial charge in [0.25, 0.3) is 11.8 Å². The van der Waals surface area contributed by atoms with Crippen molar-refractivity contribution in [3.63, 3.8) is 0 Å². The first-order chi connectivity index (χ1) is 22.5. The minimum atomic E-state index is -4.68. The molecule has 1 atom stereocenters. The summed E-state index contributed by atoms with van der Waals surface area (Å²) in [6.45, 7) is 4.45. The zero-order valence-electron chi connectivity index (χ0n) is 25.8. The largest absolute Gasteiger partial charge is 0.435 e. The molecule has 14 heteroatoms. The molecule has 244 valence electrons. The first kappa shape index (κ1) is 31.8. The van der Waals surface area contributed by atoms with Gasteiger partial charge >= 0.3 is 6.18 Å². The van der Waals surface area contributed by atoms with Crippen LogP contribution in [0, 0.1) is 13.8 Å². The van der Waals surface area contributed by atoms with E-state index >= 15 is 0 Å². The molecule has 2 aliphatic rings. The first-order valence-electron chi connectivity index (χ1n) is 15.4. The van der Waals surface area contributed by atoms with Crippen molar-refractivity contribution < 1.29 is 32.3 Å². The summed E-state index contributed by atoms with van der Waals surface area (Å²) in [6, 6.07) is 10.4. The molecule has 11 nitrogen and oxygen atoms in total. The number of carbonyl (C=O) groups is 4. The fraction of sp³-hybridized carbons (Fsp3) is 0.364. The van der Waals surface area contributed by atoms with Crippen LogP contribution in [-0.2, 0) is 22.3 Å². The summed E-state index contributed by atoms with van der Waals surface area (Å²) in [4.78, 5) is 59.4. The van der Waals surface area contributed by atoms with Gasteiger partial charge in [-0.3, -0.25) is 34.1 Å². The Balaban J connectivity index is 1.05. The molecule has 1 saturated heterocycles. The van der Waals surface area contributed by atoms with Gasteiger partial charge in [0.05, 0.1) is 27.9 Å². The van der Waals surface area contributed by atoms with Crippen molar-refractivity contribution in [2.75, 3.05) is 11.9 Å². The number of para-hydroxylation sites is 2. The summed E-state index contributed by atoms with van der Waals surface area (Å²) in [5.41, 5.74) is 1.58. The van der Waals surface area contributed by atoms with Gasteiger partial charge in [-0.05, 0) is 57.4 Å². The summed E-state index contributed by atoms with van der Waals surface area (Å²) in [5.74, 6) is -2.21. The van der Waals surface area contributed by atoms with E-state index in [0.717, 1.165) is 30.6 Å². The third kappa shape index (κ3) is 6.07. The zero-order valence-corrected chi connectivity index (χ0v) is 25.8. The Morgan fingerprint density at radius 1 is 0.894 bits per heavy atom. The molecule has 6 rings (SSSR count). The number of halogens is 3. The molecule has 2 aromatic carbocycles. The number of aromatic nitrogens is 4. The van der Waals surface area contributed by atoms with Gasteiger partial charge in [-0.1, -0.05) is 31.0 Å². The lowest BCUT2D eigenvalue weighted by Crippen LogP contribution is -2.54. The van der Waals surface area contributed by atoms with E-state index in [0.29, 0.717) is 41.2 Å². The Labute approximate surface area is 267 Å². The lowest BCUT2D eigenvalue weighted by molar-refractivity contribution is -0.140. The number of aryl methyl sites for hydroxylation is 2. The highest BCUT2D eigenvalue weighted by Gasteiger charge is 2.45. The number of piperidine rings is 1. The molecule has 1 unspecified atom stereocenters. The molecule has 4 amide bonds. The second-order valence-electron chi connectivity index (χ2n) is 11.7. The third-order valence-electron chi connectivity index (χ3n) is 8.54. The van der Waals surface area contributed by atoms with Gasteiger partial charge in [0.15, 0.2) is 5.69 Å². The van der Waals surface area contributed by atoms with Gasteiger partial charge in [0.1, 0.15) is 11.7 Å². The van der Waals surface area contributed by atoms with Crippen LogP contribution in [-0.4, -0.2) is 60.9 Å². The van der Waals surface area contributed by atoms with Crippen molar-refractivity contribution in [1.29, 1.82) is 0 Å². The van der Waals surface area contributed by atoms with Crippen LogP contribution >= 0.6 is 0 Å². The predicted octanol–water partition coefficient (Wildman–Crippen LogP) is 5.20. The average molecular weight is 648 g/mol. The molecule has 2 N–H and O–H groups in total. The maximum absolute atomic E-state index is 14.0. The molecule has 2 aromatic heterocycles. The van der Waals surface area contributed by atoms with Crippen molar-refractivity contribution in [3.8, 4) is 11.3 Å². The SMILES string of the molecule is Cc1nn(CCCCCCNc2cccc3c2C(=O)N(C2CCC(=O)NC2=O)C3=O)c(C)c1-c1nc2ccccc2nc1C(F)(F)F. The Kier molecular flexibility index (Phi) is 8.51. The minimum absolute atomic E-state index is 0.0494. The van der Waals surface area contributed by atoms with Gasteiger partial charge in [-0.2, -0.15) is 18.3 Å². The molecule has 0 aliphatic carbocycles. The van der Waals surface area contributed by atoms with Gasteiger partial charge in [-0.25, -0.2) is 9.97 Å². The summed E-state index contributed by atoms with van der Waals surface area (Å²) in [5, 5.41) is 9.95. The third-order valence-corrected chi connectivity index (χ3v) is 8.54. The molecule has 47 heavy (non-hydrogen) atoms. The summed E-state index contributed by atoms with van der Waals surface area (Å²) < 4.78 is 43.8. The van der Waals surface area contributed by atoms with Gasteiger partial charge < -0.3 is 5.32 Å². The number of rotatable bonds is 10. The fourth-order valence-corrected chi connectivity index (χ4v) is 6.25. The highest BCUT2D eigenvalue weighted by atomic mass is 19.4. The lowest BCUT2D eigenvalue weighted by atomic mass is 10.0. The smallest absolute Gasteiger partial charge is 0.384 e. The summed E-state index contributed by atoms with van der Waals surface area (Å²) in [6.07, 6.45) is -1.39. The molecular weight excluding hydrogens is 615 g/mol. The number of carbonyl (C=O) groups excluding carboxylic acids is 4. The minimum Gasteiger partial charge on any atom is -0.384 e. The van der Waals surface area contributed by atoms with Crippen LogP contribution in [0.2, 0.25) is 0 Å². The van der Waals surface area contributed by atoms with Gasteiger partial charge in [0, 0.05) is 36.5 Å². The number of nitrogens with one attached hydrogen (secondary N) is 2. The van der Waals surface area contributed by atoms with E-state index in [1.807, 2.05) is 0 Å². The van der Waals surface area contributed by atoms with E-state index in [9.17, 15) is 32.3 Å². The van der Waals surface area contributed by atoms with Crippen LogP contribution in [0.5, 0.6) is 0 Å². The van der Waals surface area contributed by atoms with E-state index < -0.39 is 41.5 Å². The number of fused-ring (bicyclic) bond motifs is 2. The molecule has 2 aliphatic heterocycles. The standard InChI is InChI=1S/C33H32F3N7O4/c1-18-26(28-29(33(34,35)36)39-22-12-6-5-11-21(22)38-28)19(2)42(41-18)17-8-4-3-7-16-37-23-13-9-10-20-27(23)32(47)43(31(20)46)24-14-15-25(44)40-30(24)45/h5-6,9-13,24,37H,3-4,7-8,14-17H2,1-2H3,(H,40,44,45). The molecule has 4 aromatic rings. The molecule has 1 fully saturated rings. The number of nitrogens with zero attached hydrogens (tertiary/aromatic N) is 5. The Morgan fingerprint density at radius 2 is 1.62 bits per heavy atom. The topological polar surface area (TPSA) is 139 Å².